The molecule has 0 spiro atoms. The molecule has 1 aromatic rings. The normalized spacial score (nSPS) is 9.76. The molecule has 0 aliphatic carbocycles. The highest BCUT2D eigenvalue weighted by atomic mass is 13.9. The molecule has 0 heteroatoms. The zero-order valence-corrected chi connectivity index (χ0v) is 11.0. The van der Waals surface area contributed by atoms with Crippen molar-refractivity contribution in [3.05, 3.63) is 42.3 Å². The Hall–Kier alpha value is -1.22. The fourth-order valence-electron chi connectivity index (χ4n) is 1.75. The quantitative estimate of drug-likeness (QED) is 0.475. The molecule has 1 rings (SSSR count). The Balaban J connectivity index is 2.12. The summed E-state index contributed by atoms with van der Waals surface area (Å²) in [6.07, 6.45) is 9.04. The summed E-state index contributed by atoms with van der Waals surface area (Å²) in [5, 5.41) is 0. The molecule has 1 aromatic carbocycles. The lowest BCUT2D eigenvalue weighted by molar-refractivity contribution is 0.614. The summed E-state index contributed by atoms with van der Waals surface area (Å²) in [7, 11) is 0. The number of hydrogen-bond donors (Lipinski definition) is 0. The summed E-state index contributed by atoms with van der Waals surface area (Å²) >= 11 is 0. The van der Waals surface area contributed by atoms with Crippen molar-refractivity contribution in [1.29, 1.82) is 0 Å². The Labute approximate surface area is 106 Å². The third-order valence-corrected chi connectivity index (χ3v) is 2.84. The van der Waals surface area contributed by atoms with Crippen molar-refractivity contribution in [1.82, 2.24) is 0 Å². The SMILES string of the molecule is [CH2]c1ccc(C#CCCCCCCCC)cc1. The average molecular weight is 227 g/mol. The summed E-state index contributed by atoms with van der Waals surface area (Å²) < 4.78 is 0. The second kappa shape index (κ2) is 8.88. The van der Waals surface area contributed by atoms with Crippen LogP contribution in [0.15, 0.2) is 24.3 Å². The number of rotatable bonds is 6. The maximum atomic E-state index is 3.86. The van der Waals surface area contributed by atoms with E-state index in [0.29, 0.717) is 0 Å². The van der Waals surface area contributed by atoms with Crippen molar-refractivity contribution < 1.29 is 0 Å². The van der Waals surface area contributed by atoms with Crippen molar-refractivity contribution in [2.45, 2.75) is 51.9 Å². The fraction of sp³-hybridized carbons (Fsp3) is 0.471. The first kappa shape index (κ1) is 13.8. The Bertz CT molecular complexity index is 348. The van der Waals surface area contributed by atoms with E-state index in [2.05, 4.69) is 25.7 Å². The second-order valence-corrected chi connectivity index (χ2v) is 4.52. The van der Waals surface area contributed by atoms with Gasteiger partial charge in [0.15, 0.2) is 0 Å². The molecule has 0 aromatic heterocycles. The van der Waals surface area contributed by atoms with Gasteiger partial charge in [0.25, 0.3) is 0 Å². The summed E-state index contributed by atoms with van der Waals surface area (Å²) in [5.41, 5.74) is 2.15. The molecule has 0 fully saturated rings. The van der Waals surface area contributed by atoms with Crippen LogP contribution in [-0.4, -0.2) is 0 Å². The van der Waals surface area contributed by atoms with Gasteiger partial charge in [0.2, 0.25) is 0 Å². The monoisotopic (exact) mass is 227 g/mol. The van der Waals surface area contributed by atoms with Crippen LogP contribution in [0.2, 0.25) is 0 Å². The first-order chi connectivity index (χ1) is 8.33. The van der Waals surface area contributed by atoms with E-state index < -0.39 is 0 Å². The van der Waals surface area contributed by atoms with Crippen LogP contribution < -0.4 is 0 Å². The zero-order chi connectivity index (χ0) is 12.3. The van der Waals surface area contributed by atoms with Gasteiger partial charge in [-0.2, -0.15) is 0 Å². The van der Waals surface area contributed by atoms with Crippen LogP contribution in [0.5, 0.6) is 0 Å². The van der Waals surface area contributed by atoms with Crippen LogP contribution >= 0.6 is 0 Å². The largest absolute Gasteiger partial charge is 0.0979 e. The van der Waals surface area contributed by atoms with Crippen LogP contribution in [0.1, 0.15) is 63.0 Å². The van der Waals surface area contributed by atoms with E-state index in [1.165, 1.54) is 38.5 Å². The lowest BCUT2D eigenvalue weighted by Gasteiger charge is -1.96. The lowest BCUT2D eigenvalue weighted by atomic mass is 10.1. The van der Waals surface area contributed by atoms with Gasteiger partial charge >= 0.3 is 0 Å². The average Bonchev–Trinajstić information content (AvgIpc) is 2.35. The van der Waals surface area contributed by atoms with Gasteiger partial charge in [0, 0.05) is 12.0 Å². The zero-order valence-electron chi connectivity index (χ0n) is 11.0. The minimum atomic E-state index is 1.03. The van der Waals surface area contributed by atoms with Crippen LogP contribution in [0.25, 0.3) is 0 Å². The highest BCUT2D eigenvalue weighted by Crippen LogP contribution is 2.06. The minimum Gasteiger partial charge on any atom is -0.0979 e. The van der Waals surface area contributed by atoms with Gasteiger partial charge < -0.3 is 0 Å². The molecule has 0 saturated heterocycles. The smallest absolute Gasteiger partial charge is 0.0245 e. The molecule has 0 atom stereocenters. The first-order valence-electron chi connectivity index (χ1n) is 6.74. The van der Waals surface area contributed by atoms with Crippen molar-refractivity contribution >= 4 is 0 Å². The van der Waals surface area contributed by atoms with Gasteiger partial charge in [-0.3, -0.25) is 0 Å². The number of unbranched alkanes of at least 4 members (excludes halogenated alkanes) is 6. The number of benzene rings is 1. The van der Waals surface area contributed by atoms with E-state index in [1.54, 1.807) is 0 Å². The van der Waals surface area contributed by atoms with Gasteiger partial charge in [0.1, 0.15) is 0 Å². The summed E-state index contributed by atoms with van der Waals surface area (Å²) in [6, 6.07) is 8.09. The van der Waals surface area contributed by atoms with E-state index in [1.807, 2.05) is 24.3 Å². The molecule has 0 bridgehead atoms. The molecular formula is C17H23. The van der Waals surface area contributed by atoms with E-state index in [9.17, 15) is 0 Å². The third-order valence-electron chi connectivity index (χ3n) is 2.84. The molecule has 1 radical (unpaired) electrons. The molecule has 0 nitrogen and oxygen atoms in total. The highest BCUT2D eigenvalue weighted by molar-refractivity contribution is 5.36. The van der Waals surface area contributed by atoms with Crippen molar-refractivity contribution in [2.24, 2.45) is 0 Å². The van der Waals surface area contributed by atoms with Crippen LogP contribution in [-0.2, 0) is 0 Å². The number of hydrogen-bond acceptors (Lipinski definition) is 0. The van der Waals surface area contributed by atoms with Gasteiger partial charge in [-0.1, -0.05) is 63.0 Å². The molecule has 17 heavy (non-hydrogen) atoms. The second-order valence-electron chi connectivity index (χ2n) is 4.52. The van der Waals surface area contributed by atoms with Crippen molar-refractivity contribution in [3.8, 4) is 11.8 Å². The van der Waals surface area contributed by atoms with E-state index in [0.717, 1.165) is 17.5 Å². The predicted molar refractivity (Wildman–Crippen MR) is 75.8 cm³/mol. The standard InChI is InChI=1S/C17H23/c1-3-4-5-6-7-8-9-10-11-17-14-12-16(2)13-15-17/h12-15H,2-9H2,1H3. The molecule has 0 aliphatic heterocycles. The molecule has 0 heterocycles. The molecule has 0 unspecified atom stereocenters. The van der Waals surface area contributed by atoms with Gasteiger partial charge in [-0.15, -0.1) is 0 Å². The Morgan fingerprint density at radius 3 is 2.29 bits per heavy atom. The Morgan fingerprint density at radius 2 is 1.59 bits per heavy atom. The van der Waals surface area contributed by atoms with Crippen molar-refractivity contribution in [3.63, 3.8) is 0 Å². The molecule has 0 aliphatic rings. The van der Waals surface area contributed by atoms with Gasteiger partial charge in [-0.25, -0.2) is 0 Å². The van der Waals surface area contributed by atoms with Crippen LogP contribution in [0, 0.1) is 18.8 Å². The summed E-state index contributed by atoms with van der Waals surface area (Å²) in [6.45, 7) is 6.11. The van der Waals surface area contributed by atoms with E-state index in [-0.39, 0.29) is 0 Å². The maximum Gasteiger partial charge on any atom is 0.0245 e. The van der Waals surface area contributed by atoms with Crippen LogP contribution in [0.4, 0.5) is 0 Å². The Morgan fingerprint density at radius 1 is 0.941 bits per heavy atom. The molecule has 0 amide bonds. The highest BCUT2D eigenvalue weighted by Gasteiger charge is 1.88. The molecule has 0 N–H and O–H groups in total. The maximum absolute atomic E-state index is 3.86. The molecular weight excluding hydrogens is 204 g/mol. The van der Waals surface area contributed by atoms with Crippen molar-refractivity contribution in [2.75, 3.05) is 0 Å². The molecule has 91 valence electrons. The van der Waals surface area contributed by atoms with E-state index >= 15 is 0 Å². The predicted octanol–water partition coefficient (Wildman–Crippen LogP) is 4.97. The van der Waals surface area contributed by atoms with Gasteiger partial charge in [0.05, 0.1) is 0 Å². The van der Waals surface area contributed by atoms with Crippen LogP contribution in [0.3, 0.4) is 0 Å². The third kappa shape index (κ3) is 6.84. The minimum absolute atomic E-state index is 1.03. The summed E-state index contributed by atoms with van der Waals surface area (Å²) in [4.78, 5) is 0. The molecule has 0 saturated carbocycles. The first-order valence-corrected chi connectivity index (χ1v) is 6.74. The summed E-state index contributed by atoms with van der Waals surface area (Å²) in [5.74, 6) is 6.44. The van der Waals surface area contributed by atoms with E-state index in [4.69, 9.17) is 0 Å². The topological polar surface area (TPSA) is 0 Å². The fourth-order valence-corrected chi connectivity index (χ4v) is 1.75. The van der Waals surface area contributed by atoms with Gasteiger partial charge in [-0.05, 0) is 31.0 Å². The Kier molecular flexibility index (Phi) is 7.23. The lowest BCUT2D eigenvalue weighted by Crippen LogP contribution is -1.78.